The molecule has 1 amide bonds. The number of halogens is 2. The molecule has 0 radical (unpaired) electrons. The van der Waals surface area contributed by atoms with Crippen molar-refractivity contribution in [3.8, 4) is 0 Å². The molecular weight excluding hydrogens is 345 g/mol. The van der Waals surface area contributed by atoms with Gasteiger partial charge in [-0.15, -0.1) is 36.2 Å². The van der Waals surface area contributed by atoms with Crippen LogP contribution in [0.4, 0.5) is 0 Å². The molecule has 128 valence electrons. The van der Waals surface area contributed by atoms with Gasteiger partial charge in [-0.1, -0.05) is 6.07 Å². The lowest BCUT2D eigenvalue weighted by Gasteiger charge is -2.35. The first-order chi connectivity index (χ1) is 9.70. The number of hydrogen-bond donors (Lipinski definition) is 1. The van der Waals surface area contributed by atoms with Crippen molar-refractivity contribution in [2.24, 2.45) is 5.73 Å². The Bertz CT molecular complexity index is 412. The van der Waals surface area contributed by atoms with Crippen molar-refractivity contribution in [3.63, 3.8) is 0 Å². The second-order valence-corrected chi connectivity index (χ2v) is 6.09. The minimum absolute atomic E-state index is 0. The highest BCUT2D eigenvalue weighted by molar-refractivity contribution is 7.09. The molecule has 1 aliphatic rings. The quantitative estimate of drug-likeness (QED) is 0.819. The zero-order valence-corrected chi connectivity index (χ0v) is 15.2. The van der Waals surface area contributed by atoms with Gasteiger partial charge in [0.25, 0.3) is 0 Å². The molecule has 0 spiro atoms. The van der Waals surface area contributed by atoms with E-state index in [1.54, 1.807) is 18.4 Å². The summed E-state index contributed by atoms with van der Waals surface area (Å²) in [6, 6.07) is 3.74. The molecule has 1 aromatic heterocycles. The van der Waals surface area contributed by atoms with Gasteiger partial charge in [0, 0.05) is 44.7 Å². The van der Waals surface area contributed by atoms with E-state index in [2.05, 4.69) is 22.4 Å². The number of nitrogens with zero attached hydrogens (tertiary/aromatic N) is 2. The maximum Gasteiger partial charge on any atom is 0.241 e. The lowest BCUT2D eigenvalue weighted by molar-refractivity contribution is -0.135. The van der Waals surface area contributed by atoms with E-state index in [1.807, 2.05) is 4.90 Å². The molecule has 8 heteroatoms. The summed E-state index contributed by atoms with van der Waals surface area (Å²) < 4.78 is 4.93. The minimum atomic E-state index is -0.530. The number of piperazine rings is 1. The Kier molecular flexibility index (Phi) is 11.0. The van der Waals surface area contributed by atoms with Crippen LogP contribution in [0.15, 0.2) is 17.5 Å². The van der Waals surface area contributed by atoms with Crippen LogP contribution in [0.5, 0.6) is 0 Å². The number of amides is 1. The largest absolute Gasteiger partial charge is 0.383 e. The van der Waals surface area contributed by atoms with Gasteiger partial charge in [0.15, 0.2) is 0 Å². The van der Waals surface area contributed by atoms with Crippen molar-refractivity contribution >= 4 is 42.1 Å². The van der Waals surface area contributed by atoms with Crippen LogP contribution in [0.2, 0.25) is 0 Å². The summed E-state index contributed by atoms with van der Waals surface area (Å²) in [5.74, 6) is 0.00440. The summed E-state index contributed by atoms with van der Waals surface area (Å²) in [5.41, 5.74) is 5.79. The summed E-state index contributed by atoms with van der Waals surface area (Å²) in [7, 11) is 1.57. The molecule has 2 heterocycles. The van der Waals surface area contributed by atoms with Crippen molar-refractivity contribution in [3.05, 3.63) is 22.4 Å². The molecule has 1 aromatic rings. The number of carbonyl (C=O) groups excluding carboxylic acids is 1. The third kappa shape index (κ3) is 6.40. The molecule has 22 heavy (non-hydrogen) atoms. The molecule has 1 aliphatic heterocycles. The van der Waals surface area contributed by atoms with Crippen molar-refractivity contribution in [1.82, 2.24) is 9.80 Å². The molecule has 0 aliphatic carbocycles. The van der Waals surface area contributed by atoms with Gasteiger partial charge in [-0.05, 0) is 17.9 Å². The molecule has 5 nitrogen and oxygen atoms in total. The summed E-state index contributed by atoms with van der Waals surface area (Å²) in [6.07, 6.45) is 1.09. The fourth-order valence-corrected chi connectivity index (χ4v) is 3.10. The van der Waals surface area contributed by atoms with Gasteiger partial charge in [0.1, 0.15) is 6.04 Å². The maximum absolute atomic E-state index is 12.0. The van der Waals surface area contributed by atoms with E-state index in [0.29, 0.717) is 0 Å². The fourth-order valence-electron chi connectivity index (χ4n) is 2.40. The first kappa shape index (κ1) is 21.6. The van der Waals surface area contributed by atoms with E-state index in [-0.39, 0.29) is 37.3 Å². The lowest BCUT2D eigenvalue weighted by atomic mass is 10.2. The normalized spacial score (nSPS) is 16.5. The lowest BCUT2D eigenvalue weighted by Crippen LogP contribution is -2.54. The molecule has 0 bridgehead atoms. The molecule has 1 unspecified atom stereocenters. The van der Waals surface area contributed by atoms with E-state index in [1.165, 1.54) is 4.88 Å². The van der Waals surface area contributed by atoms with Crippen LogP contribution in [0, 0.1) is 0 Å². The third-order valence-corrected chi connectivity index (χ3v) is 4.54. The maximum atomic E-state index is 12.0. The van der Waals surface area contributed by atoms with Crippen molar-refractivity contribution in [2.45, 2.75) is 12.5 Å². The van der Waals surface area contributed by atoms with Crippen LogP contribution in [-0.4, -0.2) is 68.2 Å². The minimum Gasteiger partial charge on any atom is -0.383 e. The highest BCUT2D eigenvalue weighted by atomic mass is 35.5. The molecule has 0 aromatic carbocycles. The predicted octanol–water partition coefficient (Wildman–Crippen LogP) is 1.25. The first-order valence-corrected chi connectivity index (χ1v) is 7.86. The molecule has 2 rings (SSSR count). The predicted molar refractivity (Wildman–Crippen MR) is 95.4 cm³/mol. The average Bonchev–Trinajstić information content (AvgIpc) is 2.98. The third-order valence-electron chi connectivity index (χ3n) is 3.60. The molecule has 2 N–H and O–H groups in total. The Morgan fingerprint density at radius 1 is 1.36 bits per heavy atom. The van der Waals surface area contributed by atoms with Crippen molar-refractivity contribution in [1.29, 1.82) is 0 Å². The van der Waals surface area contributed by atoms with Gasteiger partial charge in [0.2, 0.25) is 5.91 Å². The Hall–Kier alpha value is -0.370. The second kappa shape index (κ2) is 11.2. The van der Waals surface area contributed by atoms with Crippen LogP contribution in [0.3, 0.4) is 0 Å². The standard InChI is InChI=1S/C14H23N3O2S.2ClH/c1-19-11-13(15)14(18)17-8-6-16(7-9-17)5-4-12-3-2-10-20-12;;/h2-3,10,13H,4-9,11,15H2,1H3;2*1H. The number of rotatable bonds is 6. The summed E-state index contributed by atoms with van der Waals surface area (Å²) >= 11 is 1.80. The summed E-state index contributed by atoms with van der Waals surface area (Å²) in [4.78, 5) is 17.7. The number of nitrogens with two attached hydrogens (primary N) is 1. The van der Waals surface area contributed by atoms with E-state index in [9.17, 15) is 4.79 Å². The highest BCUT2D eigenvalue weighted by Crippen LogP contribution is 2.11. The van der Waals surface area contributed by atoms with E-state index >= 15 is 0 Å². The van der Waals surface area contributed by atoms with Gasteiger partial charge in [-0.3, -0.25) is 9.69 Å². The van der Waals surface area contributed by atoms with Crippen LogP contribution >= 0.6 is 36.2 Å². The molecule has 1 atom stereocenters. The average molecular weight is 370 g/mol. The van der Waals surface area contributed by atoms with Gasteiger partial charge in [-0.2, -0.15) is 0 Å². The Balaban J connectivity index is 0.00000220. The highest BCUT2D eigenvalue weighted by Gasteiger charge is 2.24. The number of thiophene rings is 1. The monoisotopic (exact) mass is 369 g/mol. The van der Waals surface area contributed by atoms with E-state index in [0.717, 1.165) is 39.1 Å². The Morgan fingerprint density at radius 2 is 2.05 bits per heavy atom. The van der Waals surface area contributed by atoms with Crippen LogP contribution in [-0.2, 0) is 16.0 Å². The van der Waals surface area contributed by atoms with Crippen molar-refractivity contribution < 1.29 is 9.53 Å². The number of hydrogen-bond acceptors (Lipinski definition) is 5. The van der Waals surface area contributed by atoms with Gasteiger partial charge in [0.05, 0.1) is 6.61 Å². The molecule has 1 saturated heterocycles. The smallest absolute Gasteiger partial charge is 0.241 e. The first-order valence-electron chi connectivity index (χ1n) is 6.98. The molecule has 0 saturated carbocycles. The molecular formula is C14H25Cl2N3O2S. The van der Waals surface area contributed by atoms with E-state index in [4.69, 9.17) is 10.5 Å². The Labute approximate surface area is 148 Å². The van der Waals surface area contributed by atoms with Gasteiger partial charge in [-0.25, -0.2) is 0 Å². The number of ether oxygens (including phenoxy) is 1. The Morgan fingerprint density at radius 3 is 2.59 bits per heavy atom. The summed E-state index contributed by atoms with van der Waals surface area (Å²) in [5, 5.41) is 2.11. The second-order valence-electron chi connectivity index (χ2n) is 5.06. The zero-order chi connectivity index (χ0) is 14.4. The van der Waals surface area contributed by atoms with Gasteiger partial charge < -0.3 is 15.4 Å². The number of carbonyl (C=O) groups is 1. The van der Waals surface area contributed by atoms with E-state index < -0.39 is 6.04 Å². The van der Waals surface area contributed by atoms with Crippen LogP contribution in [0.1, 0.15) is 4.88 Å². The van der Waals surface area contributed by atoms with Crippen LogP contribution < -0.4 is 5.73 Å². The number of methoxy groups -OCH3 is 1. The van der Waals surface area contributed by atoms with Gasteiger partial charge >= 0.3 is 0 Å². The SMILES string of the molecule is COCC(N)C(=O)N1CCN(CCc2cccs2)CC1.Cl.Cl. The topological polar surface area (TPSA) is 58.8 Å². The fraction of sp³-hybridized carbons (Fsp3) is 0.643. The summed E-state index contributed by atoms with van der Waals surface area (Å²) in [6.45, 7) is 4.74. The molecule has 1 fully saturated rings. The van der Waals surface area contributed by atoms with Crippen LogP contribution in [0.25, 0.3) is 0 Å². The van der Waals surface area contributed by atoms with Crippen molar-refractivity contribution in [2.75, 3.05) is 46.4 Å². The zero-order valence-electron chi connectivity index (χ0n) is 12.8.